The Balaban J connectivity index is 1.62. The fourth-order valence-electron chi connectivity index (χ4n) is 2.73. The summed E-state index contributed by atoms with van der Waals surface area (Å²) >= 11 is 1.64. The van der Waals surface area contributed by atoms with E-state index in [0.29, 0.717) is 6.61 Å². The number of thiazole rings is 1. The number of piperidine rings is 1. The number of ether oxygens (including phenoxy) is 1. The van der Waals surface area contributed by atoms with E-state index in [1.807, 2.05) is 22.9 Å². The fraction of sp³-hybridized carbons (Fsp3) is 0.571. The number of likely N-dealkylation sites (tertiary alicyclic amines) is 1. The molecule has 0 radical (unpaired) electrons. The van der Waals surface area contributed by atoms with Crippen LogP contribution in [0.4, 0.5) is 0 Å². The largest absolute Gasteiger partial charge is 0.466 e. The Bertz CT molecular complexity index is 564. The molecule has 3 heterocycles. The zero-order chi connectivity index (χ0) is 13.9. The van der Waals surface area contributed by atoms with E-state index in [1.54, 1.807) is 11.3 Å². The molecule has 0 spiro atoms. The van der Waals surface area contributed by atoms with E-state index < -0.39 is 0 Å². The van der Waals surface area contributed by atoms with Gasteiger partial charge in [-0.15, -0.1) is 11.3 Å². The highest BCUT2D eigenvalue weighted by Crippen LogP contribution is 2.20. The third-order valence-corrected chi connectivity index (χ3v) is 4.42. The molecule has 0 N–H and O–H groups in total. The van der Waals surface area contributed by atoms with E-state index in [4.69, 9.17) is 4.74 Å². The van der Waals surface area contributed by atoms with Crippen LogP contribution >= 0.6 is 11.3 Å². The molecule has 0 aliphatic carbocycles. The SMILES string of the molecule is CCOC(=O)[C@H]1CCCN(Cc2cn3ccsc3n2)C1. The minimum Gasteiger partial charge on any atom is -0.466 e. The number of rotatable bonds is 4. The van der Waals surface area contributed by atoms with Crippen LogP contribution in [0, 0.1) is 5.92 Å². The highest BCUT2D eigenvalue weighted by molar-refractivity contribution is 7.15. The van der Waals surface area contributed by atoms with Gasteiger partial charge in [0.15, 0.2) is 4.96 Å². The lowest BCUT2D eigenvalue weighted by molar-refractivity contribution is -0.150. The normalized spacial score (nSPS) is 20.4. The summed E-state index contributed by atoms with van der Waals surface area (Å²) in [5.41, 5.74) is 1.07. The van der Waals surface area contributed by atoms with E-state index in [2.05, 4.69) is 16.1 Å². The van der Waals surface area contributed by atoms with Gasteiger partial charge in [0.25, 0.3) is 0 Å². The predicted octanol–water partition coefficient (Wildman–Crippen LogP) is 2.17. The highest BCUT2D eigenvalue weighted by Gasteiger charge is 2.27. The Hall–Kier alpha value is -1.40. The lowest BCUT2D eigenvalue weighted by atomic mass is 9.98. The van der Waals surface area contributed by atoms with Gasteiger partial charge in [-0.05, 0) is 26.3 Å². The van der Waals surface area contributed by atoms with Crippen LogP contribution in [0.2, 0.25) is 0 Å². The molecule has 0 aromatic carbocycles. The molecule has 0 bridgehead atoms. The van der Waals surface area contributed by atoms with Crippen LogP contribution in [0.25, 0.3) is 4.96 Å². The summed E-state index contributed by atoms with van der Waals surface area (Å²) in [6, 6.07) is 0. The number of aromatic nitrogens is 2. The molecule has 20 heavy (non-hydrogen) atoms. The second-order valence-corrected chi connectivity index (χ2v) is 6.02. The molecular weight excluding hydrogens is 274 g/mol. The lowest BCUT2D eigenvalue weighted by Gasteiger charge is -2.30. The maximum absolute atomic E-state index is 11.8. The maximum Gasteiger partial charge on any atom is 0.310 e. The first-order chi connectivity index (χ1) is 9.76. The van der Waals surface area contributed by atoms with Crippen LogP contribution in [0.5, 0.6) is 0 Å². The van der Waals surface area contributed by atoms with E-state index in [1.165, 1.54) is 0 Å². The van der Waals surface area contributed by atoms with Gasteiger partial charge < -0.3 is 4.74 Å². The number of carbonyl (C=O) groups is 1. The van der Waals surface area contributed by atoms with Gasteiger partial charge in [-0.2, -0.15) is 0 Å². The first kappa shape index (κ1) is 13.6. The van der Waals surface area contributed by atoms with Gasteiger partial charge in [0.05, 0.1) is 18.2 Å². The van der Waals surface area contributed by atoms with Crippen molar-refractivity contribution in [3.63, 3.8) is 0 Å². The average molecular weight is 293 g/mol. The predicted molar refractivity (Wildman–Crippen MR) is 77.7 cm³/mol. The summed E-state index contributed by atoms with van der Waals surface area (Å²) in [7, 11) is 0. The molecule has 1 aliphatic heterocycles. The maximum atomic E-state index is 11.8. The summed E-state index contributed by atoms with van der Waals surface area (Å²) in [5, 5.41) is 2.03. The molecule has 0 saturated carbocycles. The lowest BCUT2D eigenvalue weighted by Crippen LogP contribution is -2.39. The molecule has 0 unspecified atom stereocenters. The van der Waals surface area contributed by atoms with Crippen molar-refractivity contribution in [1.82, 2.24) is 14.3 Å². The van der Waals surface area contributed by atoms with Gasteiger partial charge in [0.2, 0.25) is 0 Å². The van der Waals surface area contributed by atoms with Crippen molar-refractivity contribution in [2.75, 3.05) is 19.7 Å². The van der Waals surface area contributed by atoms with Crippen molar-refractivity contribution in [3.8, 4) is 0 Å². The monoisotopic (exact) mass is 293 g/mol. The van der Waals surface area contributed by atoms with Crippen molar-refractivity contribution < 1.29 is 9.53 Å². The molecule has 6 heteroatoms. The Morgan fingerprint density at radius 3 is 3.30 bits per heavy atom. The van der Waals surface area contributed by atoms with Crippen molar-refractivity contribution >= 4 is 22.3 Å². The van der Waals surface area contributed by atoms with Crippen molar-refractivity contribution in [2.24, 2.45) is 5.92 Å². The van der Waals surface area contributed by atoms with Crippen molar-refractivity contribution in [1.29, 1.82) is 0 Å². The molecule has 1 aliphatic rings. The molecular formula is C14H19N3O2S. The first-order valence-corrected chi connectivity index (χ1v) is 7.94. The summed E-state index contributed by atoms with van der Waals surface area (Å²) in [6.45, 7) is 4.94. The van der Waals surface area contributed by atoms with Crippen LogP contribution in [-0.2, 0) is 16.1 Å². The summed E-state index contributed by atoms with van der Waals surface area (Å²) in [4.78, 5) is 19.8. The third kappa shape index (κ3) is 2.86. The van der Waals surface area contributed by atoms with Gasteiger partial charge in [-0.25, -0.2) is 4.98 Å². The third-order valence-electron chi connectivity index (χ3n) is 3.65. The summed E-state index contributed by atoms with van der Waals surface area (Å²) in [6.07, 6.45) is 6.08. The van der Waals surface area contributed by atoms with Crippen molar-refractivity contribution in [3.05, 3.63) is 23.5 Å². The smallest absolute Gasteiger partial charge is 0.310 e. The van der Waals surface area contributed by atoms with Crippen LogP contribution in [0.1, 0.15) is 25.5 Å². The number of nitrogens with zero attached hydrogens (tertiary/aromatic N) is 3. The fourth-order valence-corrected chi connectivity index (χ4v) is 3.45. The Morgan fingerprint density at radius 1 is 1.60 bits per heavy atom. The Kier molecular flexibility index (Phi) is 4.03. The Labute approximate surface area is 122 Å². The van der Waals surface area contributed by atoms with Crippen LogP contribution < -0.4 is 0 Å². The zero-order valence-corrected chi connectivity index (χ0v) is 12.4. The average Bonchev–Trinajstić information content (AvgIpc) is 3.00. The number of imidazole rings is 1. The molecule has 5 nitrogen and oxygen atoms in total. The molecule has 108 valence electrons. The zero-order valence-electron chi connectivity index (χ0n) is 11.6. The summed E-state index contributed by atoms with van der Waals surface area (Å²) in [5.74, 6) is -0.0320. The molecule has 3 rings (SSSR count). The summed E-state index contributed by atoms with van der Waals surface area (Å²) < 4.78 is 7.18. The molecule has 1 atom stereocenters. The molecule has 2 aromatic rings. The van der Waals surface area contributed by atoms with E-state index in [-0.39, 0.29) is 11.9 Å². The second kappa shape index (κ2) is 5.93. The van der Waals surface area contributed by atoms with E-state index in [9.17, 15) is 4.79 Å². The van der Waals surface area contributed by atoms with Crippen LogP contribution in [-0.4, -0.2) is 40.0 Å². The van der Waals surface area contributed by atoms with Gasteiger partial charge >= 0.3 is 5.97 Å². The van der Waals surface area contributed by atoms with Crippen molar-refractivity contribution in [2.45, 2.75) is 26.3 Å². The number of fused-ring (bicyclic) bond motifs is 1. The highest BCUT2D eigenvalue weighted by atomic mass is 32.1. The second-order valence-electron chi connectivity index (χ2n) is 5.15. The topological polar surface area (TPSA) is 46.8 Å². The first-order valence-electron chi connectivity index (χ1n) is 7.06. The number of carbonyl (C=O) groups excluding carboxylic acids is 1. The van der Waals surface area contributed by atoms with Gasteiger partial charge in [0.1, 0.15) is 0 Å². The molecule has 1 fully saturated rings. The Morgan fingerprint density at radius 2 is 2.50 bits per heavy atom. The number of hydrogen-bond donors (Lipinski definition) is 0. The van der Waals surface area contributed by atoms with E-state index in [0.717, 1.165) is 43.1 Å². The minimum atomic E-state index is -0.0528. The van der Waals surface area contributed by atoms with E-state index >= 15 is 0 Å². The molecule has 2 aromatic heterocycles. The number of esters is 1. The quantitative estimate of drug-likeness (QED) is 0.811. The van der Waals surface area contributed by atoms with Gasteiger partial charge in [-0.1, -0.05) is 0 Å². The molecule has 1 saturated heterocycles. The van der Waals surface area contributed by atoms with Gasteiger partial charge in [0, 0.05) is 30.9 Å². The van der Waals surface area contributed by atoms with Gasteiger partial charge in [-0.3, -0.25) is 14.1 Å². The van der Waals surface area contributed by atoms with Crippen LogP contribution in [0.15, 0.2) is 17.8 Å². The molecule has 0 amide bonds. The van der Waals surface area contributed by atoms with Crippen LogP contribution in [0.3, 0.4) is 0 Å². The standard InChI is InChI=1S/C14H19N3O2S/c1-2-19-13(18)11-4-3-5-16(8-11)9-12-10-17-6-7-20-14(17)15-12/h6-7,10-11H,2-5,8-9H2,1H3/t11-/m0/s1. The number of hydrogen-bond acceptors (Lipinski definition) is 5. The minimum absolute atomic E-state index is 0.0208.